The van der Waals surface area contributed by atoms with Crippen molar-refractivity contribution in [3.63, 3.8) is 0 Å². The van der Waals surface area contributed by atoms with Gasteiger partial charge in [0.05, 0.1) is 29.4 Å². The smallest absolute Gasteiger partial charge is 0.156 e. The predicted molar refractivity (Wildman–Crippen MR) is 166 cm³/mol. The van der Waals surface area contributed by atoms with E-state index in [0.717, 1.165) is 40.8 Å². The quantitative estimate of drug-likeness (QED) is 0.196. The number of rotatable bonds is 9. The summed E-state index contributed by atoms with van der Waals surface area (Å²) in [6.45, 7) is 5.03. The second kappa shape index (κ2) is 11.9. The third-order valence-electron chi connectivity index (χ3n) is 7.97. The van der Waals surface area contributed by atoms with Gasteiger partial charge in [0.25, 0.3) is 0 Å². The molecule has 6 nitrogen and oxygen atoms in total. The first-order chi connectivity index (χ1) is 19.9. The molecule has 5 aromatic rings. The van der Waals surface area contributed by atoms with E-state index < -0.39 is 5.60 Å². The molecule has 41 heavy (non-hydrogen) atoms. The van der Waals surface area contributed by atoms with Crippen LogP contribution in [0.2, 0.25) is 10.0 Å². The zero-order valence-corrected chi connectivity index (χ0v) is 24.5. The van der Waals surface area contributed by atoms with Crippen LogP contribution in [0.1, 0.15) is 35.4 Å². The topological polar surface area (TPSA) is 66.2 Å². The average Bonchev–Trinajstić information content (AvgIpc) is 3.67. The molecule has 1 aliphatic heterocycles. The SMILES string of the molecule is Cn1cncc1C(O)(c1ccc(Cl)cc1)c1ccc2nc(CNCCN3CCCC3)cc(-c3cccc(Cl)c3)c2c1. The number of aliphatic hydroxyl groups is 1. The number of hydrogen-bond donors (Lipinski definition) is 2. The van der Waals surface area contributed by atoms with E-state index in [1.807, 2.05) is 60.1 Å². The van der Waals surface area contributed by atoms with Gasteiger partial charge in [-0.15, -0.1) is 0 Å². The number of imidazole rings is 1. The normalized spacial score (nSPS) is 15.4. The van der Waals surface area contributed by atoms with Gasteiger partial charge in [-0.1, -0.05) is 53.5 Å². The van der Waals surface area contributed by atoms with Crippen molar-refractivity contribution in [1.82, 2.24) is 24.8 Å². The summed E-state index contributed by atoms with van der Waals surface area (Å²) in [5.41, 5.74) is 4.40. The first kappa shape index (κ1) is 27.9. The molecule has 2 N–H and O–H groups in total. The molecule has 210 valence electrons. The lowest BCUT2D eigenvalue weighted by Gasteiger charge is -2.30. The molecular weight excluding hydrogens is 553 g/mol. The molecule has 1 saturated heterocycles. The minimum absolute atomic E-state index is 0.605. The first-order valence-corrected chi connectivity index (χ1v) is 14.8. The average molecular weight is 587 g/mol. The van der Waals surface area contributed by atoms with Crippen LogP contribution in [0.3, 0.4) is 0 Å². The highest BCUT2D eigenvalue weighted by atomic mass is 35.5. The van der Waals surface area contributed by atoms with E-state index in [1.54, 1.807) is 24.7 Å². The number of nitrogens with one attached hydrogen (secondary N) is 1. The van der Waals surface area contributed by atoms with E-state index in [0.29, 0.717) is 33.4 Å². The van der Waals surface area contributed by atoms with E-state index >= 15 is 0 Å². The maximum absolute atomic E-state index is 12.5. The fraction of sp³-hybridized carbons (Fsp3) is 0.273. The zero-order valence-electron chi connectivity index (χ0n) is 23.0. The highest BCUT2D eigenvalue weighted by molar-refractivity contribution is 6.31. The Morgan fingerprint density at radius 3 is 2.44 bits per heavy atom. The summed E-state index contributed by atoms with van der Waals surface area (Å²) >= 11 is 12.6. The fourth-order valence-electron chi connectivity index (χ4n) is 5.81. The number of fused-ring (bicyclic) bond motifs is 1. The second-order valence-electron chi connectivity index (χ2n) is 10.7. The van der Waals surface area contributed by atoms with Crippen LogP contribution in [0.25, 0.3) is 22.0 Å². The Kier molecular flexibility index (Phi) is 8.11. The van der Waals surface area contributed by atoms with Crippen molar-refractivity contribution in [3.8, 4) is 11.1 Å². The maximum atomic E-state index is 12.5. The molecule has 0 amide bonds. The van der Waals surface area contributed by atoms with Gasteiger partial charge in [0, 0.05) is 42.1 Å². The van der Waals surface area contributed by atoms with E-state index in [-0.39, 0.29) is 0 Å². The minimum atomic E-state index is -1.47. The third kappa shape index (κ3) is 5.76. The van der Waals surface area contributed by atoms with Gasteiger partial charge in [-0.2, -0.15) is 0 Å². The van der Waals surface area contributed by atoms with Crippen LogP contribution in [0.4, 0.5) is 0 Å². The van der Waals surface area contributed by atoms with Crippen LogP contribution in [0.5, 0.6) is 0 Å². The van der Waals surface area contributed by atoms with Crippen LogP contribution < -0.4 is 5.32 Å². The van der Waals surface area contributed by atoms with Crippen LogP contribution in [-0.4, -0.2) is 50.7 Å². The summed E-state index contributed by atoms with van der Waals surface area (Å²) in [7, 11) is 1.88. The highest BCUT2D eigenvalue weighted by Crippen LogP contribution is 2.40. The van der Waals surface area contributed by atoms with Crippen LogP contribution in [0, 0.1) is 0 Å². The molecule has 0 aliphatic carbocycles. The van der Waals surface area contributed by atoms with Crippen molar-refractivity contribution < 1.29 is 5.11 Å². The van der Waals surface area contributed by atoms with E-state index in [9.17, 15) is 5.11 Å². The molecule has 3 aromatic carbocycles. The molecule has 0 saturated carbocycles. The van der Waals surface area contributed by atoms with Gasteiger partial charge in [-0.25, -0.2) is 4.98 Å². The number of pyridine rings is 1. The van der Waals surface area contributed by atoms with Crippen LogP contribution in [-0.2, 0) is 19.2 Å². The molecule has 1 unspecified atom stereocenters. The molecule has 6 rings (SSSR count). The van der Waals surface area contributed by atoms with Crippen molar-refractivity contribution in [2.45, 2.75) is 25.0 Å². The monoisotopic (exact) mass is 585 g/mol. The number of aryl methyl sites for hydroxylation is 1. The molecule has 2 aromatic heterocycles. The van der Waals surface area contributed by atoms with Gasteiger partial charge in [-0.05, 0) is 90.6 Å². The summed E-state index contributed by atoms with van der Waals surface area (Å²) in [6.07, 6.45) is 5.99. The Bertz CT molecular complexity index is 1660. The lowest BCUT2D eigenvalue weighted by atomic mass is 9.82. The Hall–Kier alpha value is -3.26. The fourth-order valence-corrected chi connectivity index (χ4v) is 6.13. The van der Waals surface area contributed by atoms with Crippen molar-refractivity contribution in [1.29, 1.82) is 0 Å². The van der Waals surface area contributed by atoms with Gasteiger partial charge in [0.15, 0.2) is 5.60 Å². The standard InChI is InChI=1S/C33H33Cl2N5O/c1-39-22-37-21-32(39)33(41,24-7-10-26(34)11-8-24)25-9-12-31-30(18-25)29(23-5-4-6-27(35)17-23)19-28(38-31)20-36-13-16-40-14-2-3-15-40/h4-12,17-19,21-22,36,41H,2-3,13-16,20H2,1H3. The molecular formula is C33H33Cl2N5O. The first-order valence-electron chi connectivity index (χ1n) is 14.0. The van der Waals surface area contributed by atoms with Gasteiger partial charge in [0.1, 0.15) is 0 Å². The Labute approximate surface area is 250 Å². The van der Waals surface area contributed by atoms with E-state index in [1.165, 1.54) is 25.9 Å². The molecule has 3 heterocycles. The summed E-state index contributed by atoms with van der Waals surface area (Å²) in [5, 5.41) is 18.3. The van der Waals surface area contributed by atoms with Gasteiger partial charge in [0.2, 0.25) is 0 Å². The molecule has 8 heteroatoms. The van der Waals surface area contributed by atoms with Crippen molar-refractivity contribution in [3.05, 3.63) is 118 Å². The summed E-state index contributed by atoms with van der Waals surface area (Å²) in [5.74, 6) is 0. The second-order valence-corrected chi connectivity index (χ2v) is 11.6. The maximum Gasteiger partial charge on any atom is 0.156 e. The summed E-state index contributed by atoms with van der Waals surface area (Å²) in [6, 6.07) is 23.3. The molecule has 1 aliphatic rings. The number of aromatic nitrogens is 3. The van der Waals surface area contributed by atoms with Crippen molar-refractivity contribution in [2.75, 3.05) is 26.2 Å². The number of halogens is 2. The number of benzene rings is 3. The lowest BCUT2D eigenvalue weighted by Crippen LogP contribution is -2.31. The van der Waals surface area contributed by atoms with E-state index in [4.69, 9.17) is 28.2 Å². The van der Waals surface area contributed by atoms with Crippen molar-refractivity contribution in [2.24, 2.45) is 7.05 Å². The van der Waals surface area contributed by atoms with E-state index in [2.05, 4.69) is 27.3 Å². The molecule has 0 spiro atoms. The van der Waals surface area contributed by atoms with Crippen LogP contribution in [0.15, 0.2) is 85.3 Å². The Balaban J connectivity index is 1.44. The lowest BCUT2D eigenvalue weighted by molar-refractivity contribution is 0.117. The number of nitrogens with zero attached hydrogens (tertiary/aromatic N) is 4. The van der Waals surface area contributed by atoms with Crippen LogP contribution >= 0.6 is 23.2 Å². The Morgan fingerprint density at radius 1 is 0.927 bits per heavy atom. The number of likely N-dealkylation sites (tertiary alicyclic amines) is 1. The number of hydrogen-bond acceptors (Lipinski definition) is 5. The Morgan fingerprint density at radius 2 is 1.71 bits per heavy atom. The van der Waals surface area contributed by atoms with Crippen molar-refractivity contribution >= 4 is 34.1 Å². The zero-order chi connectivity index (χ0) is 28.4. The highest BCUT2D eigenvalue weighted by Gasteiger charge is 2.37. The molecule has 0 bridgehead atoms. The predicted octanol–water partition coefficient (Wildman–Crippen LogP) is 6.41. The summed E-state index contributed by atoms with van der Waals surface area (Å²) in [4.78, 5) is 11.8. The largest absolute Gasteiger partial charge is 0.374 e. The minimum Gasteiger partial charge on any atom is -0.374 e. The molecule has 0 radical (unpaired) electrons. The van der Waals surface area contributed by atoms with Gasteiger partial charge < -0.3 is 19.9 Å². The van der Waals surface area contributed by atoms with Gasteiger partial charge >= 0.3 is 0 Å². The third-order valence-corrected chi connectivity index (χ3v) is 8.46. The summed E-state index contributed by atoms with van der Waals surface area (Å²) < 4.78 is 1.84. The van der Waals surface area contributed by atoms with Gasteiger partial charge in [-0.3, -0.25) is 4.98 Å². The molecule has 1 atom stereocenters. The molecule has 1 fully saturated rings.